The number of carbonyl (C=O) groups excluding carboxylic acids is 4. The molecule has 2 saturated heterocycles. The molecule has 2 atom stereocenters. The van der Waals surface area contributed by atoms with Crippen LogP contribution in [0.2, 0.25) is 0 Å². The number of hydrogen-bond acceptors (Lipinski definition) is 8. The summed E-state index contributed by atoms with van der Waals surface area (Å²) in [6.45, 7) is 0.386. The van der Waals surface area contributed by atoms with Crippen LogP contribution in [0.4, 0.5) is 4.79 Å². The highest BCUT2D eigenvalue weighted by Gasteiger charge is 2.39. The molecule has 0 bridgehead atoms. The van der Waals surface area contributed by atoms with Gasteiger partial charge in [-0.25, -0.2) is 9.48 Å². The van der Waals surface area contributed by atoms with E-state index in [4.69, 9.17) is 4.74 Å². The number of amides is 5. The molecule has 2 aliphatic heterocycles. The number of hydrogen-bond donors (Lipinski definition) is 4. The third-order valence-corrected chi connectivity index (χ3v) is 7.93. The molecule has 240 valence electrons. The highest BCUT2D eigenvalue weighted by atomic mass is 16.5. The first-order valence-electron chi connectivity index (χ1n) is 14.8. The molecule has 0 radical (unpaired) electrons. The lowest BCUT2D eigenvalue weighted by atomic mass is 10.0. The molecule has 3 heterocycles. The summed E-state index contributed by atoms with van der Waals surface area (Å²) in [7, 11) is 0. The summed E-state index contributed by atoms with van der Waals surface area (Å²) < 4.78 is 7.14. The van der Waals surface area contributed by atoms with Crippen LogP contribution in [0.1, 0.15) is 42.6 Å². The predicted molar refractivity (Wildman–Crippen MR) is 155 cm³/mol. The molecule has 2 aromatic rings. The van der Waals surface area contributed by atoms with Crippen molar-refractivity contribution in [2.45, 2.75) is 50.2 Å². The predicted octanol–water partition coefficient (Wildman–Crippen LogP) is -0.0840. The van der Waals surface area contributed by atoms with Gasteiger partial charge in [0, 0.05) is 51.3 Å². The highest BCUT2D eigenvalue weighted by molar-refractivity contribution is 5.96. The second-order valence-corrected chi connectivity index (χ2v) is 11.1. The average Bonchev–Trinajstić information content (AvgIpc) is 3.71. The fraction of sp³-hybridized carbons (Fsp3) is 0.483. The Hall–Kier alpha value is -5.15. The summed E-state index contributed by atoms with van der Waals surface area (Å²) in [4.78, 5) is 78.6. The molecule has 0 spiro atoms. The zero-order valence-electron chi connectivity index (χ0n) is 24.5. The first-order chi connectivity index (χ1) is 21.6. The summed E-state index contributed by atoms with van der Waals surface area (Å²) in [6.07, 6.45) is 0.752. The summed E-state index contributed by atoms with van der Waals surface area (Å²) >= 11 is 0. The van der Waals surface area contributed by atoms with Gasteiger partial charge in [0.25, 0.3) is 11.8 Å². The maximum Gasteiger partial charge on any atom is 0.407 e. The molecular formula is C29H35N7O9. The lowest BCUT2D eigenvalue weighted by Gasteiger charge is -2.39. The van der Waals surface area contributed by atoms with E-state index in [9.17, 15) is 39.0 Å². The number of aromatic nitrogens is 2. The molecule has 16 nitrogen and oxygen atoms in total. The summed E-state index contributed by atoms with van der Waals surface area (Å²) in [6, 6.07) is 8.46. The number of benzene rings is 1. The zero-order valence-corrected chi connectivity index (χ0v) is 24.5. The Morgan fingerprint density at radius 3 is 2.22 bits per heavy atom. The smallest absolute Gasteiger partial charge is 0.407 e. The number of nitrogens with zero attached hydrogens (tertiary/aromatic N) is 5. The molecule has 45 heavy (non-hydrogen) atoms. The van der Waals surface area contributed by atoms with E-state index in [1.54, 1.807) is 30.3 Å². The third kappa shape index (κ3) is 7.69. The number of ether oxygens (including phenoxy) is 1. The molecule has 3 fully saturated rings. The lowest BCUT2D eigenvalue weighted by Crippen LogP contribution is -2.59. The summed E-state index contributed by atoms with van der Waals surface area (Å²) in [5.41, 5.74) is 0.384. The van der Waals surface area contributed by atoms with Gasteiger partial charge in [-0.05, 0) is 37.8 Å². The Morgan fingerprint density at radius 2 is 1.62 bits per heavy atom. The number of nitrogens with one attached hydrogen (secondary N) is 2. The monoisotopic (exact) mass is 625 g/mol. The van der Waals surface area contributed by atoms with E-state index in [1.807, 2.05) is 0 Å². The number of carboxylic acids is 1. The fourth-order valence-corrected chi connectivity index (χ4v) is 5.13. The van der Waals surface area contributed by atoms with Gasteiger partial charge in [0.2, 0.25) is 17.7 Å². The lowest BCUT2D eigenvalue weighted by molar-refractivity contribution is -0.149. The van der Waals surface area contributed by atoms with Crippen molar-refractivity contribution in [3.8, 4) is 11.6 Å². The Kier molecular flexibility index (Phi) is 9.49. The van der Waals surface area contributed by atoms with Crippen molar-refractivity contribution in [2.24, 2.45) is 0 Å². The normalized spacial score (nSPS) is 18.4. The van der Waals surface area contributed by atoms with Crippen LogP contribution in [0.25, 0.3) is 5.69 Å². The average molecular weight is 626 g/mol. The summed E-state index contributed by atoms with van der Waals surface area (Å²) in [5, 5.41) is 28.2. The second-order valence-electron chi connectivity index (χ2n) is 11.1. The summed E-state index contributed by atoms with van der Waals surface area (Å²) in [5.74, 6) is -2.96. The molecule has 16 heteroatoms. The molecule has 1 aliphatic carbocycles. The van der Waals surface area contributed by atoms with Crippen molar-refractivity contribution in [1.82, 2.24) is 35.1 Å². The van der Waals surface area contributed by atoms with Gasteiger partial charge in [0.05, 0.1) is 5.69 Å². The Bertz CT molecular complexity index is 1450. The molecular weight excluding hydrogens is 590 g/mol. The first-order valence-corrected chi connectivity index (χ1v) is 14.8. The van der Waals surface area contributed by atoms with Crippen molar-refractivity contribution >= 4 is 35.7 Å². The number of rotatable bonds is 12. The van der Waals surface area contributed by atoms with E-state index >= 15 is 0 Å². The number of piperazine rings is 1. The van der Waals surface area contributed by atoms with Crippen molar-refractivity contribution in [3.63, 3.8) is 0 Å². The van der Waals surface area contributed by atoms with E-state index in [0.717, 1.165) is 12.8 Å². The Balaban J connectivity index is 1.28. The van der Waals surface area contributed by atoms with Crippen molar-refractivity contribution < 1.29 is 43.7 Å². The topological polar surface area (TPSA) is 204 Å². The number of para-hydroxylation sites is 1. The van der Waals surface area contributed by atoms with Crippen LogP contribution in [-0.2, 0) is 19.2 Å². The standard InChI is InChI=1S/C29H35N7O9/c37-23(35-11-10-22(35)27(41)30-18-6-7-18)17-45-24-16-21(32-36(24)19-4-2-1-3-5-19)26(40)31-20(8-9-25(38)39)28(42)33-12-14-34(15-13-33)29(43)44/h1-5,16,18,20,22H,6-15,17H2,(H,30,41)(H,31,40)(H,38,39)(H,43,44)/t20-,22-/m0/s1. The number of aliphatic carboxylic acids is 1. The quantitative estimate of drug-likeness (QED) is 0.247. The molecule has 4 N–H and O–H groups in total. The molecule has 0 unspecified atom stereocenters. The highest BCUT2D eigenvalue weighted by Crippen LogP contribution is 2.24. The van der Waals surface area contributed by atoms with Gasteiger partial charge in [-0.3, -0.25) is 24.0 Å². The number of likely N-dealkylation sites (tertiary alicyclic amines) is 1. The first kappa shape index (κ1) is 31.3. The van der Waals surface area contributed by atoms with E-state index in [1.165, 1.54) is 25.4 Å². The van der Waals surface area contributed by atoms with Crippen LogP contribution in [0.15, 0.2) is 36.4 Å². The van der Waals surface area contributed by atoms with Gasteiger partial charge in [-0.15, -0.1) is 0 Å². The zero-order chi connectivity index (χ0) is 32.1. The van der Waals surface area contributed by atoms with E-state index in [-0.39, 0.29) is 56.1 Å². The maximum atomic E-state index is 13.4. The van der Waals surface area contributed by atoms with Crippen molar-refractivity contribution in [2.75, 3.05) is 39.3 Å². The SMILES string of the molecule is O=C(O)CC[C@H](NC(=O)c1cc(OCC(=O)N2CC[C@H]2C(=O)NC2CC2)n(-c2ccccc2)n1)C(=O)N1CCN(C(=O)O)CC1. The second kappa shape index (κ2) is 13.7. The van der Waals surface area contributed by atoms with Crippen LogP contribution < -0.4 is 15.4 Å². The molecule has 1 aromatic carbocycles. The van der Waals surface area contributed by atoms with Gasteiger partial charge in [-0.1, -0.05) is 18.2 Å². The van der Waals surface area contributed by atoms with Crippen molar-refractivity contribution in [3.05, 3.63) is 42.1 Å². The molecule has 1 aromatic heterocycles. The molecule has 5 rings (SSSR count). The van der Waals surface area contributed by atoms with Gasteiger partial charge in [0.1, 0.15) is 12.1 Å². The third-order valence-electron chi connectivity index (χ3n) is 7.93. The van der Waals surface area contributed by atoms with Crippen LogP contribution >= 0.6 is 0 Å². The van der Waals surface area contributed by atoms with Crippen molar-refractivity contribution in [1.29, 1.82) is 0 Å². The Labute approximate surface area is 257 Å². The number of carbonyl (C=O) groups is 6. The van der Waals surface area contributed by atoms with Gasteiger partial charge < -0.3 is 40.3 Å². The van der Waals surface area contributed by atoms with Crippen LogP contribution in [0.3, 0.4) is 0 Å². The van der Waals surface area contributed by atoms with Gasteiger partial charge in [-0.2, -0.15) is 5.10 Å². The Morgan fingerprint density at radius 1 is 0.933 bits per heavy atom. The minimum Gasteiger partial charge on any atom is -0.481 e. The molecule has 5 amide bonds. The van der Waals surface area contributed by atoms with Crippen LogP contribution in [0.5, 0.6) is 5.88 Å². The molecule has 1 saturated carbocycles. The number of carboxylic acid groups (broad SMARTS) is 2. The van der Waals surface area contributed by atoms with Gasteiger partial charge >= 0.3 is 12.1 Å². The van der Waals surface area contributed by atoms with E-state index in [2.05, 4.69) is 15.7 Å². The maximum absolute atomic E-state index is 13.4. The van der Waals surface area contributed by atoms with Crippen LogP contribution in [-0.4, -0.2) is 128 Å². The fourth-order valence-electron chi connectivity index (χ4n) is 5.13. The molecule has 3 aliphatic rings. The van der Waals surface area contributed by atoms with E-state index in [0.29, 0.717) is 18.7 Å². The minimum atomic E-state index is -1.21. The largest absolute Gasteiger partial charge is 0.481 e. The van der Waals surface area contributed by atoms with Crippen LogP contribution in [0, 0.1) is 0 Å². The van der Waals surface area contributed by atoms with Gasteiger partial charge in [0.15, 0.2) is 12.3 Å². The van der Waals surface area contributed by atoms with E-state index < -0.39 is 54.9 Å². The minimum absolute atomic E-state index is 0.0670.